The van der Waals surface area contributed by atoms with Gasteiger partial charge in [-0.1, -0.05) is 50.2 Å². The minimum absolute atomic E-state index is 0.0720. The Morgan fingerprint density at radius 3 is 2.53 bits per heavy atom. The van der Waals surface area contributed by atoms with Gasteiger partial charge in [0.15, 0.2) is 6.61 Å². The molecule has 5 nitrogen and oxygen atoms in total. The Morgan fingerprint density at radius 2 is 1.84 bits per heavy atom. The Morgan fingerprint density at radius 1 is 1.12 bits per heavy atom. The van der Waals surface area contributed by atoms with Crippen LogP contribution in [0.5, 0.6) is 5.75 Å². The number of benzene rings is 2. The van der Waals surface area contributed by atoms with Gasteiger partial charge >= 0.3 is 6.18 Å². The van der Waals surface area contributed by atoms with Crippen LogP contribution in [0.25, 0.3) is 0 Å². The number of alkyl halides is 3. The van der Waals surface area contributed by atoms with Crippen molar-refractivity contribution in [3.8, 4) is 5.75 Å². The van der Waals surface area contributed by atoms with E-state index >= 15 is 0 Å². The molecule has 0 bridgehead atoms. The molecule has 1 heterocycles. The fraction of sp³-hybridized carbons (Fsp3) is 0.417. The van der Waals surface area contributed by atoms with E-state index in [-0.39, 0.29) is 30.0 Å². The highest BCUT2D eigenvalue weighted by Crippen LogP contribution is 2.25. The monoisotopic (exact) mass is 448 g/mol. The molecule has 0 aliphatic carbocycles. The summed E-state index contributed by atoms with van der Waals surface area (Å²) < 4.78 is 41.9. The van der Waals surface area contributed by atoms with Crippen molar-refractivity contribution >= 4 is 11.8 Å². The van der Waals surface area contributed by atoms with Crippen molar-refractivity contribution < 1.29 is 27.5 Å². The summed E-state index contributed by atoms with van der Waals surface area (Å²) >= 11 is 0. The molecule has 1 N–H and O–H groups in total. The van der Waals surface area contributed by atoms with E-state index in [0.29, 0.717) is 24.9 Å². The van der Waals surface area contributed by atoms with Crippen LogP contribution in [0.4, 0.5) is 13.2 Å². The molecule has 0 radical (unpaired) electrons. The quantitative estimate of drug-likeness (QED) is 0.689. The summed E-state index contributed by atoms with van der Waals surface area (Å²) in [6.45, 7) is 3.03. The molecule has 2 amide bonds. The summed E-state index contributed by atoms with van der Waals surface area (Å²) in [7, 11) is 0. The second-order valence-corrected chi connectivity index (χ2v) is 8.38. The van der Waals surface area contributed by atoms with Gasteiger partial charge in [-0.25, -0.2) is 0 Å². The lowest BCUT2D eigenvalue weighted by Crippen LogP contribution is -2.52. The molecule has 1 unspecified atom stereocenters. The summed E-state index contributed by atoms with van der Waals surface area (Å²) in [6.07, 6.45) is -3.65. The predicted molar refractivity (Wildman–Crippen MR) is 114 cm³/mol. The summed E-state index contributed by atoms with van der Waals surface area (Å²) in [5.41, 5.74) is 2.67. The van der Waals surface area contributed by atoms with Crippen molar-refractivity contribution in [2.24, 2.45) is 5.92 Å². The summed E-state index contributed by atoms with van der Waals surface area (Å²) in [5.74, 6) is -0.118. The first-order valence-electron chi connectivity index (χ1n) is 10.5. The second-order valence-electron chi connectivity index (χ2n) is 8.38. The molecule has 8 heteroatoms. The molecule has 2 aromatic rings. The van der Waals surface area contributed by atoms with Crippen molar-refractivity contribution in [3.63, 3.8) is 0 Å². The van der Waals surface area contributed by atoms with E-state index in [1.807, 2.05) is 38.1 Å². The lowest BCUT2D eigenvalue weighted by Gasteiger charge is -2.36. The van der Waals surface area contributed by atoms with E-state index in [1.165, 1.54) is 12.1 Å². The van der Waals surface area contributed by atoms with Crippen molar-refractivity contribution in [1.29, 1.82) is 0 Å². The first-order chi connectivity index (χ1) is 15.1. The average molecular weight is 448 g/mol. The van der Waals surface area contributed by atoms with Gasteiger partial charge in [0.25, 0.3) is 0 Å². The first kappa shape index (κ1) is 23.6. The number of hydrogen-bond acceptors (Lipinski definition) is 3. The molecule has 1 aliphatic rings. The van der Waals surface area contributed by atoms with E-state index in [2.05, 4.69) is 5.32 Å². The number of nitrogens with zero attached hydrogens (tertiary/aromatic N) is 1. The number of carbonyl (C=O) groups is 2. The van der Waals surface area contributed by atoms with Gasteiger partial charge in [0, 0.05) is 25.9 Å². The van der Waals surface area contributed by atoms with E-state index in [0.717, 1.165) is 11.1 Å². The maximum absolute atomic E-state index is 13.0. The number of carbonyl (C=O) groups excluding carboxylic acids is 2. The van der Waals surface area contributed by atoms with Gasteiger partial charge in [0.05, 0.1) is 0 Å². The Kier molecular flexibility index (Phi) is 7.43. The molecule has 0 saturated carbocycles. The number of rotatable bonds is 7. The van der Waals surface area contributed by atoms with Crippen molar-refractivity contribution in [1.82, 2.24) is 10.2 Å². The SMILES string of the molecule is CC(C)CC(=O)N1Cc2ccccc2CC1C(=O)NCc1cccc(OCC(F)(F)F)c1. The molecule has 0 aromatic heterocycles. The lowest BCUT2D eigenvalue weighted by molar-refractivity contribution is -0.153. The number of hydrogen-bond donors (Lipinski definition) is 1. The van der Waals surface area contributed by atoms with Crippen LogP contribution in [0.1, 0.15) is 37.0 Å². The van der Waals surface area contributed by atoms with E-state index in [4.69, 9.17) is 4.74 Å². The van der Waals surface area contributed by atoms with Gasteiger partial charge < -0.3 is 15.0 Å². The molecule has 2 aromatic carbocycles. The highest BCUT2D eigenvalue weighted by atomic mass is 19.4. The topological polar surface area (TPSA) is 58.6 Å². The van der Waals surface area contributed by atoms with Crippen LogP contribution in [0.3, 0.4) is 0 Å². The van der Waals surface area contributed by atoms with E-state index in [9.17, 15) is 22.8 Å². The zero-order chi connectivity index (χ0) is 23.3. The number of halogens is 3. The van der Waals surface area contributed by atoms with Crippen LogP contribution in [-0.2, 0) is 29.1 Å². The third-order valence-corrected chi connectivity index (χ3v) is 5.22. The molecular formula is C24H27F3N2O3. The minimum atomic E-state index is -4.42. The van der Waals surface area contributed by atoms with Crippen molar-refractivity contribution in [2.45, 2.75) is 52.0 Å². The average Bonchev–Trinajstić information content (AvgIpc) is 2.74. The fourth-order valence-electron chi connectivity index (χ4n) is 3.70. The Labute approximate surface area is 185 Å². The fourth-order valence-corrected chi connectivity index (χ4v) is 3.70. The van der Waals surface area contributed by atoms with Gasteiger partial charge in [-0.3, -0.25) is 9.59 Å². The largest absolute Gasteiger partial charge is 0.484 e. The molecule has 3 rings (SSSR count). The van der Waals surface area contributed by atoms with Gasteiger partial charge in [-0.05, 0) is 34.7 Å². The van der Waals surface area contributed by atoms with Crippen LogP contribution >= 0.6 is 0 Å². The smallest absolute Gasteiger partial charge is 0.422 e. The lowest BCUT2D eigenvalue weighted by atomic mass is 9.92. The van der Waals surface area contributed by atoms with Gasteiger partial charge in [-0.15, -0.1) is 0 Å². The van der Waals surface area contributed by atoms with Crippen LogP contribution in [0, 0.1) is 5.92 Å². The number of fused-ring (bicyclic) bond motifs is 1. The normalized spacial score (nSPS) is 15.9. The minimum Gasteiger partial charge on any atom is -0.484 e. The molecular weight excluding hydrogens is 421 g/mol. The predicted octanol–water partition coefficient (Wildman–Crippen LogP) is 4.24. The van der Waals surface area contributed by atoms with Gasteiger partial charge in [0.1, 0.15) is 11.8 Å². The third kappa shape index (κ3) is 6.48. The van der Waals surface area contributed by atoms with Crippen LogP contribution in [0.2, 0.25) is 0 Å². The second kappa shape index (κ2) is 10.1. The Bertz CT molecular complexity index is 960. The zero-order valence-electron chi connectivity index (χ0n) is 18.1. The van der Waals surface area contributed by atoms with E-state index in [1.54, 1.807) is 17.0 Å². The van der Waals surface area contributed by atoms with Gasteiger partial charge in [-0.2, -0.15) is 13.2 Å². The molecule has 172 valence electrons. The zero-order valence-corrected chi connectivity index (χ0v) is 18.1. The van der Waals surface area contributed by atoms with Crippen LogP contribution in [0.15, 0.2) is 48.5 Å². The molecule has 0 fully saturated rings. The molecule has 32 heavy (non-hydrogen) atoms. The molecule has 1 atom stereocenters. The maximum Gasteiger partial charge on any atom is 0.422 e. The summed E-state index contributed by atoms with van der Waals surface area (Å²) in [5, 5.41) is 2.83. The van der Waals surface area contributed by atoms with Crippen molar-refractivity contribution in [3.05, 3.63) is 65.2 Å². The highest BCUT2D eigenvalue weighted by Gasteiger charge is 2.34. The molecule has 0 saturated heterocycles. The summed E-state index contributed by atoms with van der Waals surface area (Å²) in [6, 6.07) is 13.3. The van der Waals surface area contributed by atoms with Gasteiger partial charge in [0.2, 0.25) is 11.8 Å². The van der Waals surface area contributed by atoms with Crippen molar-refractivity contribution in [2.75, 3.05) is 6.61 Å². The molecule has 0 spiro atoms. The number of amides is 2. The first-order valence-corrected chi connectivity index (χ1v) is 10.5. The summed E-state index contributed by atoms with van der Waals surface area (Å²) in [4.78, 5) is 27.5. The standard InChI is InChI=1S/C24H27F3N2O3/c1-16(2)10-22(30)29-14-19-8-4-3-7-18(19)12-21(29)23(31)28-13-17-6-5-9-20(11-17)32-15-24(25,26)27/h3-9,11,16,21H,10,12-15H2,1-2H3,(H,28,31). The van der Waals surface area contributed by atoms with Crippen LogP contribution in [-0.4, -0.2) is 35.5 Å². The maximum atomic E-state index is 13.0. The highest BCUT2D eigenvalue weighted by molar-refractivity contribution is 5.88. The third-order valence-electron chi connectivity index (χ3n) is 5.22. The Balaban J connectivity index is 1.69. The number of ether oxygens (including phenoxy) is 1. The van der Waals surface area contributed by atoms with Crippen LogP contribution < -0.4 is 10.1 Å². The molecule has 1 aliphatic heterocycles. The number of nitrogens with one attached hydrogen (secondary N) is 1. The Hall–Kier alpha value is -3.03. The van der Waals surface area contributed by atoms with E-state index < -0.39 is 18.8 Å².